The number of carbonyl (C=O) groups is 1. The third kappa shape index (κ3) is 3.61. The molecule has 2 aromatic rings. The van der Waals surface area contributed by atoms with Crippen LogP contribution in [-0.2, 0) is 20.2 Å². The third-order valence-corrected chi connectivity index (χ3v) is 7.32. The zero-order chi connectivity index (χ0) is 17.9. The lowest BCUT2D eigenvalue weighted by Gasteiger charge is -2.40. The summed E-state index contributed by atoms with van der Waals surface area (Å²) in [4.78, 5) is 17.2. The average molecular weight is 380 g/mol. The van der Waals surface area contributed by atoms with E-state index in [0.717, 1.165) is 5.56 Å². The smallest absolute Gasteiger partial charge is 0.236 e. The van der Waals surface area contributed by atoms with Gasteiger partial charge in [-0.15, -0.1) is 11.3 Å². The molecule has 1 saturated heterocycles. The number of hydrogen-bond acceptors (Lipinski definition) is 5. The number of sulfonamides is 1. The molecule has 1 aromatic heterocycles. The van der Waals surface area contributed by atoms with Gasteiger partial charge < -0.3 is 5.32 Å². The van der Waals surface area contributed by atoms with E-state index in [1.165, 1.54) is 15.6 Å². The maximum absolute atomic E-state index is 13.1. The molecule has 1 aliphatic rings. The summed E-state index contributed by atoms with van der Waals surface area (Å²) in [6, 6.07) is 9.59. The fourth-order valence-corrected chi connectivity index (χ4v) is 4.86. The summed E-state index contributed by atoms with van der Waals surface area (Å²) in [5.41, 5.74) is 0.171. The van der Waals surface area contributed by atoms with Crippen molar-refractivity contribution in [3.8, 4) is 0 Å². The Labute approximate surface area is 151 Å². The standard InChI is InChI=1S/C17H21N3O3S2/c1-2-25(22,23)20-11-8-17(9-12-20,14-6-4-3-5-7-14)15(21)19-16-18-10-13-24-16/h3-7,10,13H,2,8-9,11-12H2,1H3,(H,18,19,21). The lowest BCUT2D eigenvalue weighted by Crippen LogP contribution is -2.51. The predicted molar refractivity (Wildman–Crippen MR) is 99.1 cm³/mol. The highest BCUT2D eigenvalue weighted by Gasteiger charge is 2.44. The van der Waals surface area contributed by atoms with Crippen LogP contribution in [-0.4, -0.2) is 42.5 Å². The number of aromatic nitrogens is 1. The van der Waals surface area contributed by atoms with Crippen molar-refractivity contribution >= 4 is 32.4 Å². The van der Waals surface area contributed by atoms with Crippen LogP contribution in [0.15, 0.2) is 41.9 Å². The lowest BCUT2D eigenvalue weighted by atomic mass is 9.72. The molecular weight excluding hydrogens is 358 g/mol. The zero-order valence-corrected chi connectivity index (χ0v) is 15.6. The second kappa shape index (κ2) is 7.23. The summed E-state index contributed by atoms with van der Waals surface area (Å²) >= 11 is 1.37. The fourth-order valence-electron chi connectivity index (χ4n) is 3.23. The first kappa shape index (κ1) is 18.0. The van der Waals surface area contributed by atoms with Crippen LogP contribution in [0.2, 0.25) is 0 Å². The van der Waals surface area contributed by atoms with E-state index in [1.807, 2.05) is 30.3 Å². The van der Waals surface area contributed by atoms with Crippen molar-refractivity contribution in [3.05, 3.63) is 47.5 Å². The van der Waals surface area contributed by atoms with Gasteiger partial charge in [0.2, 0.25) is 15.9 Å². The molecule has 0 spiro atoms. The Hall–Kier alpha value is -1.77. The molecule has 0 unspecified atom stereocenters. The van der Waals surface area contributed by atoms with E-state index in [2.05, 4.69) is 10.3 Å². The van der Waals surface area contributed by atoms with E-state index >= 15 is 0 Å². The average Bonchev–Trinajstić information content (AvgIpc) is 3.15. The Balaban J connectivity index is 1.89. The largest absolute Gasteiger partial charge is 0.301 e. The van der Waals surface area contributed by atoms with Crippen LogP contribution in [0, 0.1) is 0 Å². The van der Waals surface area contributed by atoms with Crippen LogP contribution < -0.4 is 5.32 Å². The van der Waals surface area contributed by atoms with Crippen LogP contribution in [0.5, 0.6) is 0 Å². The van der Waals surface area contributed by atoms with E-state index in [4.69, 9.17) is 0 Å². The molecule has 1 fully saturated rings. The number of hydrogen-bond donors (Lipinski definition) is 1. The number of thiazole rings is 1. The molecule has 0 aliphatic carbocycles. The van der Waals surface area contributed by atoms with Crippen LogP contribution in [0.4, 0.5) is 5.13 Å². The predicted octanol–water partition coefficient (Wildman–Crippen LogP) is 2.47. The van der Waals surface area contributed by atoms with Crippen molar-refractivity contribution in [2.45, 2.75) is 25.2 Å². The van der Waals surface area contributed by atoms with Gasteiger partial charge in [0.05, 0.1) is 11.2 Å². The number of nitrogens with one attached hydrogen (secondary N) is 1. The van der Waals surface area contributed by atoms with Gasteiger partial charge in [0.1, 0.15) is 0 Å². The molecule has 134 valence electrons. The first-order valence-corrected chi connectivity index (χ1v) is 10.7. The monoisotopic (exact) mass is 379 g/mol. The number of amides is 1. The molecule has 3 rings (SSSR count). The number of nitrogens with zero attached hydrogens (tertiary/aromatic N) is 2. The highest BCUT2D eigenvalue weighted by Crippen LogP contribution is 2.37. The van der Waals surface area contributed by atoms with Gasteiger partial charge in [-0.05, 0) is 25.3 Å². The van der Waals surface area contributed by atoms with Crippen LogP contribution in [0.3, 0.4) is 0 Å². The summed E-state index contributed by atoms with van der Waals surface area (Å²) in [6.45, 7) is 2.33. The van der Waals surface area contributed by atoms with Gasteiger partial charge >= 0.3 is 0 Å². The van der Waals surface area contributed by atoms with Crippen LogP contribution in [0.25, 0.3) is 0 Å². The molecule has 1 N–H and O–H groups in total. The van der Waals surface area contributed by atoms with E-state index < -0.39 is 15.4 Å². The molecule has 2 heterocycles. The van der Waals surface area contributed by atoms with Crippen molar-refractivity contribution in [1.29, 1.82) is 0 Å². The molecular formula is C17H21N3O3S2. The Morgan fingerprint density at radius 1 is 1.28 bits per heavy atom. The Morgan fingerprint density at radius 3 is 2.52 bits per heavy atom. The van der Waals surface area contributed by atoms with Crippen molar-refractivity contribution in [2.75, 3.05) is 24.2 Å². The minimum Gasteiger partial charge on any atom is -0.301 e. The summed E-state index contributed by atoms with van der Waals surface area (Å²) < 4.78 is 25.8. The molecule has 0 bridgehead atoms. The highest BCUT2D eigenvalue weighted by molar-refractivity contribution is 7.89. The molecule has 1 aliphatic heterocycles. The van der Waals surface area contributed by atoms with Gasteiger partial charge in [0.25, 0.3) is 0 Å². The van der Waals surface area contributed by atoms with Gasteiger partial charge in [-0.1, -0.05) is 30.3 Å². The van der Waals surface area contributed by atoms with Gasteiger partial charge in [-0.25, -0.2) is 17.7 Å². The number of carbonyl (C=O) groups excluding carboxylic acids is 1. The molecule has 1 aromatic carbocycles. The van der Waals surface area contributed by atoms with Crippen LogP contribution >= 0.6 is 11.3 Å². The first-order chi connectivity index (χ1) is 12.0. The summed E-state index contributed by atoms with van der Waals surface area (Å²) in [7, 11) is -3.24. The Kier molecular flexibility index (Phi) is 5.21. The minimum absolute atomic E-state index is 0.0800. The third-order valence-electron chi connectivity index (χ3n) is 4.75. The maximum Gasteiger partial charge on any atom is 0.236 e. The highest BCUT2D eigenvalue weighted by atomic mass is 32.2. The van der Waals surface area contributed by atoms with Gasteiger partial charge in [0, 0.05) is 24.7 Å². The Bertz CT molecular complexity index is 812. The molecule has 6 nitrogen and oxygen atoms in total. The number of piperidine rings is 1. The minimum atomic E-state index is -3.24. The van der Waals surface area contributed by atoms with Gasteiger partial charge in [-0.3, -0.25) is 4.79 Å². The van der Waals surface area contributed by atoms with Crippen molar-refractivity contribution in [1.82, 2.24) is 9.29 Å². The lowest BCUT2D eigenvalue weighted by molar-refractivity contribution is -0.123. The molecule has 0 saturated carbocycles. The molecule has 25 heavy (non-hydrogen) atoms. The van der Waals surface area contributed by atoms with E-state index in [-0.39, 0.29) is 11.7 Å². The molecule has 0 atom stereocenters. The van der Waals surface area contributed by atoms with Crippen molar-refractivity contribution < 1.29 is 13.2 Å². The molecule has 0 radical (unpaired) electrons. The van der Waals surface area contributed by atoms with Gasteiger partial charge in [-0.2, -0.15) is 0 Å². The normalized spacial score (nSPS) is 18.0. The number of anilines is 1. The number of benzene rings is 1. The maximum atomic E-state index is 13.1. The van der Waals surface area contributed by atoms with Crippen molar-refractivity contribution in [3.63, 3.8) is 0 Å². The second-order valence-electron chi connectivity index (χ2n) is 6.04. The first-order valence-electron chi connectivity index (χ1n) is 8.22. The van der Waals surface area contributed by atoms with E-state index in [9.17, 15) is 13.2 Å². The number of rotatable bonds is 5. The zero-order valence-electron chi connectivity index (χ0n) is 14.0. The van der Waals surface area contributed by atoms with E-state index in [0.29, 0.717) is 31.1 Å². The van der Waals surface area contributed by atoms with Gasteiger partial charge in [0.15, 0.2) is 5.13 Å². The molecule has 1 amide bonds. The summed E-state index contributed by atoms with van der Waals surface area (Å²) in [5, 5.41) is 5.26. The fraction of sp³-hybridized carbons (Fsp3) is 0.412. The summed E-state index contributed by atoms with van der Waals surface area (Å²) in [6.07, 6.45) is 2.55. The van der Waals surface area contributed by atoms with E-state index in [1.54, 1.807) is 18.5 Å². The topological polar surface area (TPSA) is 79.4 Å². The quantitative estimate of drug-likeness (QED) is 0.865. The molecule has 8 heteroatoms. The van der Waals surface area contributed by atoms with Crippen LogP contribution in [0.1, 0.15) is 25.3 Å². The summed E-state index contributed by atoms with van der Waals surface area (Å²) in [5.74, 6) is -0.0430. The SMILES string of the molecule is CCS(=O)(=O)N1CCC(C(=O)Nc2nccs2)(c2ccccc2)CC1. The Morgan fingerprint density at radius 2 is 1.96 bits per heavy atom. The van der Waals surface area contributed by atoms with Crippen molar-refractivity contribution in [2.24, 2.45) is 0 Å². The second-order valence-corrected chi connectivity index (χ2v) is 9.19.